The van der Waals surface area contributed by atoms with Gasteiger partial charge in [-0.2, -0.15) is 0 Å². The molecular formula is C11H11ClO3. The molecule has 15 heavy (non-hydrogen) atoms. The third-order valence-corrected chi connectivity index (χ3v) is 2.01. The fraction of sp³-hybridized carbons (Fsp3) is 0.273. The van der Waals surface area contributed by atoms with Crippen LogP contribution in [0, 0.1) is 0 Å². The van der Waals surface area contributed by atoms with Gasteiger partial charge in [0.2, 0.25) is 0 Å². The zero-order chi connectivity index (χ0) is 11.1. The second-order valence-corrected chi connectivity index (χ2v) is 3.56. The monoisotopic (exact) mass is 226 g/mol. The van der Waals surface area contributed by atoms with Gasteiger partial charge in [0, 0.05) is 0 Å². The maximum absolute atomic E-state index is 11.1. The smallest absolute Gasteiger partial charge is 0.308 e. The largest absolute Gasteiger partial charge is 0.461 e. The summed E-state index contributed by atoms with van der Waals surface area (Å²) in [4.78, 5) is 21.3. The Labute approximate surface area is 93.0 Å². The summed E-state index contributed by atoms with van der Waals surface area (Å²) >= 11 is 5.47. The number of aldehydes is 1. The van der Waals surface area contributed by atoms with Crippen LogP contribution < -0.4 is 0 Å². The number of hydrogen-bond acceptors (Lipinski definition) is 3. The van der Waals surface area contributed by atoms with Gasteiger partial charge in [0.25, 0.3) is 0 Å². The summed E-state index contributed by atoms with van der Waals surface area (Å²) < 4.78 is 4.92. The second-order valence-electron chi connectivity index (χ2n) is 3.00. The summed E-state index contributed by atoms with van der Waals surface area (Å²) in [5.74, 6) is -0.467. The molecule has 3 nitrogen and oxygen atoms in total. The molecule has 80 valence electrons. The van der Waals surface area contributed by atoms with Crippen LogP contribution in [0.4, 0.5) is 0 Å². The predicted octanol–water partition coefficient (Wildman–Crippen LogP) is 1.93. The molecule has 0 heterocycles. The lowest BCUT2D eigenvalue weighted by Gasteiger charge is -2.04. The van der Waals surface area contributed by atoms with Crippen LogP contribution in [0.5, 0.6) is 0 Å². The summed E-state index contributed by atoms with van der Waals surface area (Å²) in [5.41, 5.74) is 0.906. The van der Waals surface area contributed by atoms with Gasteiger partial charge in [-0.05, 0) is 5.56 Å². The van der Waals surface area contributed by atoms with E-state index < -0.39 is 11.3 Å². The minimum Gasteiger partial charge on any atom is -0.461 e. The Balaban J connectivity index is 2.31. The van der Waals surface area contributed by atoms with Crippen LogP contribution >= 0.6 is 11.6 Å². The Bertz CT molecular complexity index is 324. The third kappa shape index (κ3) is 4.61. The maximum atomic E-state index is 11.1. The first-order chi connectivity index (χ1) is 7.22. The first kappa shape index (κ1) is 11.7. The molecule has 1 aromatic carbocycles. The van der Waals surface area contributed by atoms with Gasteiger partial charge in [-0.3, -0.25) is 4.79 Å². The molecule has 1 unspecified atom stereocenters. The quantitative estimate of drug-likeness (QED) is 0.438. The van der Waals surface area contributed by atoms with Crippen LogP contribution in [0.3, 0.4) is 0 Å². The summed E-state index contributed by atoms with van der Waals surface area (Å²) in [5, 5.41) is -0.798. The lowest BCUT2D eigenvalue weighted by Crippen LogP contribution is -2.12. The standard InChI is InChI=1S/C11H11ClO3/c12-10(7-13)6-11(14)15-8-9-4-2-1-3-5-9/h1-5,7,10H,6,8H2. The number of esters is 1. The molecule has 0 amide bonds. The second kappa shape index (κ2) is 6.19. The summed E-state index contributed by atoms with van der Waals surface area (Å²) in [6, 6.07) is 9.31. The summed E-state index contributed by atoms with van der Waals surface area (Å²) in [6.45, 7) is 0.210. The number of benzene rings is 1. The van der Waals surface area contributed by atoms with Gasteiger partial charge >= 0.3 is 5.97 Å². The van der Waals surface area contributed by atoms with E-state index in [1.54, 1.807) is 0 Å². The molecule has 0 N–H and O–H groups in total. The Morgan fingerprint density at radius 2 is 2.07 bits per heavy atom. The van der Waals surface area contributed by atoms with Gasteiger partial charge in [0.15, 0.2) is 0 Å². The van der Waals surface area contributed by atoms with Gasteiger partial charge in [-0.25, -0.2) is 0 Å². The van der Waals surface area contributed by atoms with Crippen molar-refractivity contribution < 1.29 is 14.3 Å². The van der Waals surface area contributed by atoms with Crippen LogP contribution in [-0.4, -0.2) is 17.6 Å². The molecule has 0 saturated heterocycles. The SMILES string of the molecule is O=CC(Cl)CC(=O)OCc1ccccc1. The van der Waals surface area contributed by atoms with Crippen LogP contribution in [0.2, 0.25) is 0 Å². The number of ether oxygens (including phenoxy) is 1. The molecule has 4 heteroatoms. The lowest BCUT2D eigenvalue weighted by molar-refractivity contribution is -0.145. The van der Waals surface area contributed by atoms with Crippen molar-refractivity contribution in [1.29, 1.82) is 0 Å². The van der Waals surface area contributed by atoms with E-state index in [-0.39, 0.29) is 13.0 Å². The van der Waals surface area contributed by atoms with E-state index in [9.17, 15) is 9.59 Å². The first-order valence-corrected chi connectivity index (χ1v) is 4.95. The van der Waals surface area contributed by atoms with E-state index in [1.165, 1.54) is 0 Å². The number of halogens is 1. The Kier molecular flexibility index (Phi) is 4.84. The molecular weight excluding hydrogens is 216 g/mol. The van der Waals surface area contributed by atoms with Crippen molar-refractivity contribution in [2.45, 2.75) is 18.4 Å². The van der Waals surface area contributed by atoms with Gasteiger partial charge in [-0.1, -0.05) is 30.3 Å². The van der Waals surface area contributed by atoms with Crippen molar-refractivity contribution in [3.63, 3.8) is 0 Å². The van der Waals surface area contributed by atoms with E-state index in [0.29, 0.717) is 6.29 Å². The van der Waals surface area contributed by atoms with E-state index in [2.05, 4.69) is 0 Å². The molecule has 0 radical (unpaired) electrons. The molecule has 0 fully saturated rings. The lowest BCUT2D eigenvalue weighted by atomic mass is 10.2. The highest BCUT2D eigenvalue weighted by molar-refractivity contribution is 6.28. The van der Waals surface area contributed by atoms with Crippen LogP contribution in [0.15, 0.2) is 30.3 Å². The van der Waals surface area contributed by atoms with Crippen molar-refractivity contribution in [3.8, 4) is 0 Å². The number of hydrogen-bond donors (Lipinski definition) is 0. The van der Waals surface area contributed by atoms with E-state index >= 15 is 0 Å². The molecule has 0 saturated carbocycles. The van der Waals surface area contributed by atoms with E-state index in [1.807, 2.05) is 30.3 Å². The highest BCUT2D eigenvalue weighted by Gasteiger charge is 2.10. The number of alkyl halides is 1. The molecule has 0 aliphatic heterocycles. The number of carbonyl (C=O) groups excluding carboxylic acids is 2. The molecule has 0 aliphatic carbocycles. The summed E-state index contributed by atoms with van der Waals surface area (Å²) in [7, 11) is 0. The van der Waals surface area contributed by atoms with Gasteiger partial charge in [0.05, 0.1) is 11.8 Å². The molecule has 1 aromatic rings. The fourth-order valence-electron chi connectivity index (χ4n) is 1.00. The highest BCUT2D eigenvalue weighted by Crippen LogP contribution is 2.04. The van der Waals surface area contributed by atoms with Crippen molar-refractivity contribution in [2.75, 3.05) is 0 Å². The van der Waals surface area contributed by atoms with Crippen LogP contribution in [0.1, 0.15) is 12.0 Å². The van der Waals surface area contributed by atoms with Gasteiger partial charge in [0.1, 0.15) is 12.9 Å². The van der Waals surface area contributed by atoms with Crippen molar-refractivity contribution in [1.82, 2.24) is 0 Å². The van der Waals surface area contributed by atoms with Crippen molar-refractivity contribution in [3.05, 3.63) is 35.9 Å². The van der Waals surface area contributed by atoms with Crippen molar-refractivity contribution >= 4 is 23.9 Å². The number of carbonyl (C=O) groups is 2. The topological polar surface area (TPSA) is 43.4 Å². The average Bonchev–Trinajstić information content (AvgIpc) is 2.27. The minimum atomic E-state index is -0.798. The minimum absolute atomic E-state index is 0.0854. The first-order valence-electron chi connectivity index (χ1n) is 4.51. The molecule has 0 aromatic heterocycles. The Morgan fingerprint density at radius 1 is 1.40 bits per heavy atom. The zero-order valence-corrected chi connectivity index (χ0v) is 8.81. The normalized spacial score (nSPS) is 11.8. The van der Waals surface area contributed by atoms with Crippen LogP contribution in [-0.2, 0) is 20.9 Å². The molecule has 1 atom stereocenters. The van der Waals surface area contributed by atoms with E-state index in [4.69, 9.17) is 16.3 Å². The maximum Gasteiger partial charge on any atom is 0.308 e. The van der Waals surface area contributed by atoms with Gasteiger partial charge < -0.3 is 9.53 Å². The molecule has 1 rings (SSSR count). The average molecular weight is 227 g/mol. The van der Waals surface area contributed by atoms with Crippen molar-refractivity contribution in [2.24, 2.45) is 0 Å². The van der Waals surface area contributed by atoms with Gasteiger partial charge in [-0.15, -0.1) is 11.6 Å². The zero-order valence-electron chi connectivity index (χ0n) is 8.06. The highest BCUT2D eigenvalue weighted by atomic mass is 35.5. The Hall–Kier alpha value is -1.35. The fourth-order valence-corrected chi connectivity index (χ4v) is 1.13. The molecule has 0 spiro atoms. The molecule has 0 aliphatic rings. The summed E-state index contributed by atoms with van der Waals surface area (Å²) in [6.07, 6.45) is 0.434. The third-order valence-electron chi connectivity index (χ3n) is 1.75. The molecule has 0 bridgehead atoms. The van der Waals surface area contributed by atoms with Crippen LogP contribution in [0.25, 0.3) is 0 Å². The predicted molar refractivity (Wildman–Crippen MR) is 56.6 cm³/mol. The Morgan fingerprint density at radius 3 is 2.67 bits per heavy atom. The van der Waals surface area contributed by atoms with E-state index in [0.717, 1.165) is 5.56 Å². The number of rotatable bonds is 5.